The highest BCUT2D eigenvalue weighted by atomic mass is 35.5. The Morgan fingerprint density at radius 1 is 1.42 bits per heavy atom. The van der Waals surface area contributed by atoms with Gasteiger partial charge in [-0.15, -0.1) is 0 Å². The predicted molar refractivity (Wildman–Crippen MR) is 73.1 cm³/mol. The Hall–Kier alpha value is -2.07. The average molecular weight is 278 g/mol. The van der Waals surface area contributed by atoms with Crippen LogP contribution >= 0.6 is 11.6 Å². The molecule has 0 fully saturated rings. The van der Waals surface area contributed by atoms with Gasteiger partial charge in [0, 0.05) is 16.8 Å². The van der Waals surface area contributed by atoms with Gasteiger partial charge in [-0.2, -0.15) is 4.57 Å². The second kappa shape index (κ2) is 5.71. The molecule has 0 unspecified atom stereocenters. The minimum Gasteiger partial charge on any atom is -0.503 e. The number of anilines is 1. The maximum Gasteiger partial charge on any atom is 0.290 e. The lowest BCUT2D eigenvalue weighted by Crippen LogP contribution is -2.39. The van der Waals surface area contributed by atoms with E-state index in [4.69, 9.17) is 11.6 Å². The molecule has 5 heteroatoms. The Labute approximate surface area is 116 Å². The summed E-state index contributed by atoms with van der Waals surface area (Å²) in [5.74, 6) is -0.0600. The number of nitrogens with zero attached hydrogens (tertiary/aromatic N) is 1. The van der Waals surface area contributed by atoms with Crippen LogP contribution < -0.4 is 9.88 Å². The summed E-state index contributed by atoms with van der Waals surface area (Å²) in [6, 6.07) is 8.56. The van der Waals surface area contributed by atoms with Crippen molar-refractivity contribution in [2.24, 2.45) is 0 Å². The van der Waals surface area contributed by atoms with Crippen LogP contribution in [0.1, 0.15) is 5.56 Å². The van der Waals surface area contributed by atoms with Gasteiger partial charge in [0.15, 0.2) is 11.9 Å². The van der Waals surface area contributed by atoms with Crippen molar-refractivity contribution in [1.82, 2.24) is 0 Å². The first-order valence-electron chi connectivity index (χ1n) is 5.78. The molecule has 0 atom stereocenters. The summed E-state index contributed by atoms with van der Waals surface area (Å²) in [5, 5.41) is 12.7. The number of aromatic hydroxyl groups is 1. The Morgan fingerprint density at radius 2 is 2.21 bits per heavy atom. The van der Waals surface area contributed by atoms with E-state index in [2.05, 4.69) is 5.32 Å². The molecule has 1 aromatic heterocycles. The van der Waals surface area contributed by atoms with Gasteiger partial charge in [0.05, 0.1) is 0 Å². The van der Waals surface area contributed by atoms with Crippen LogP contribution in [0.4, 0.5) is 5.69 Å². The third-order valence-corrected chi connectivity index (χ3v) is 2.88. The quantitative estimate of drug-likeness (QED) is 0.846. The molecule has 1 aromatic carbocycles. The molecule has 0 radical (unpaired) electrons. The van der Waals surface area contributed by atoms with Crippen molar-refractivity contribution in [3.05, 3.63) is 53.3 Å². The number of rotatable bonds is 3. The lowest BCUT2D eigenvalue weighted by molar-refractivity contribution is -0.684. The highest BCUT2D eigenvalue weighted by Crippen LogP contribution is 2.19. The number of carbonyl (C=O) groups excluding carboxylic acids is 1. The molecule has 0 saturated heterocycles. The van der Waals surface area contributed by atoms with E-state index in [1.54, 1.807) is 35.0 Å². The van der Waals surface area contributed by atoms with Crippen molar-refractivity contribution >= 4 is 23.2 Å². The van der Waals surface area contributed by atoms with Crippen LogP contribution in [-0.4, -0.2) is 11.0 Å². The van der Waals surface area contributed by atoms with Crippen LogP contribution in [0, 0.1) is 6.92 Å². The zero-order valence-corrected chi connectivity index (χ0v) is 11.2. The van der Waals surface area contributed by atoms with Crippen molar-refractivity contribution in [3.63, 3.8) is 0 Å². The largest absolute Gasteiger partial charge is 0.503 e. The van der Waals surface area contributed by atoms with Crippen LogP contribution in [0.2, 0.25) is 5.02 Å². The molecule has 2 aromatic rings. The zero-order chi connectivity index (χ0) is 13.8. The fraction of sp³-hybridized carbons (Fsp3) is 0.143. The van der Waals surface area contributed by atoms with Crippen molar-refractivity contribution in [2.75, 3.05) is 5.32 Å². The van der Waals surface area contributed by atoms with Crippen LogP contribution in [0.15, 0.2) is 42.7 Å². The van der Waals surface area contributed by atoms with Crippen molar-refractivity contribution in [1.29, 1.82) is 0 Å². The van der Waals surface area contributed by atoms with E-state index < -0.39 is 0 Å². The summed E-state index contributed by atoms with van der Waals surface area (Å²) >= 11 is 5.89. The van der Waals surface area contributed by atoms with Crippen LogP contribution in [0.3, 0.4) is 0 Å². The zero-order valence-electron chi connectivity index (χ0n) is 10.4. The highest BCUT2D eigenvalue weighted by Gasteiger charge is 2.11. The molecular weight excluding hydrogens is 264 g/mol. The van der Waals surface area contributed by atoms with Crippen molar-refractivity contribution in [3.8, 4) is 5.75 Å². The minimum absolute atomic E-state index is 0.120. The average Bonchev–Trinajstić information content (AvgIpc) is 2.34. The first-order valence-corrected chi connectivity index (χ1v) is 6.16. The van der Waals surface area contributed by atoms with E-state index in [1.165, 1.54) is 6.20 Å². The molecular formula is C14H14ClN2O2+. The molecule has 0 aliphatic heterocycles. The van der Waals surface area contributed by atoms with Gasteiger partial charge in [0.1, 0.15) is 0 Å². The molecule has 1 heterocycles. The fourth-order valence-corrected chi connectivity index (χ4v) is 1.86. The molecule has 4 nitrogen and oxygen atoms in total. The number of amides is 1. The van der Waals surface area contributed by atoms with Crippen LogP contribution in [-0.2, 0) is 11.3 Å². The second-order valence-corrected chi connectivity index (χ2v) is 4.68. The minimum atomic E-state index is -0.180. The number of benzene rings is 1. The van der Waals surface area contributed by atoms with E-state index in [9.17, 15) is 9.90 Å². The first kappa shape index (κ1) is 13.4. The Balaban J connectivity index is 2.07. The van der Waals surface area contributed by atoms with E-state index in [1.807, 2.05) is 13.0 Å². The summed E-state index contributed by atoms with van der Waals surface area (Å²) in [7, 11) is 0. The number of hydrogen-bond donors (Lipinski definition) is 2. The molecule has 2 N–H and O–H groups in total. The van der Waals surface area contributed by atoms with Gasteiger partial charge in [-0.25, -0.2) is 0 Å². The number of halogens is 1. The van der Waals surface area contributed by atoms with Gasteiger partial charge in [-0.3, -0.25) is 4.79 Å². The first-order chi connectivity index (χ1) is 9.04. The Bertz CT molecular complexity index is 614. The summed E-state index contributed by atoms with van der Waals surface area (Å²) in [6.07, 6.45) is 3.20. The van der Waals surface area contributed by atoms with Crippen molar-refractivity contribution < 1.29 is 14.5 Å². The van der Waals surface area contributed by atoms with Gasteiger partial charge < -0.3 is 10.4 Å². The maximum atomic E-state index is 11.9. The third kappa shape index (κ3) is 3.69. The monoisotopic (exact) mass is 277 g/mol. The predicted octanol–water partition coefficient (Wildman–Crippen LogP) is 2.28. The smallest absolute Gasteiger partial charge is 0.290 e. The maximum absolute atomic E-state index is 11.9. The van der Waals surface area contributed by atoms with Crippen LogP contribution in [0.5, 0.6) is 5.75 Å². The number of hydrogen-bond acceptors (Lipinski definition) is 2. The van der Waals surface area contributed by atoms with Gasteiger partial charge in [-0.05, 0) is 30.7 Å². The summed E-state index contributed by atoms with van der Waals surface area (Å²) in [5.41, 5.74) is 1.64. The molecule has 0 spiro atoms. The number of nitrogens with one attached hydrogen (secondary N) is 1. The standard InChI is InChI=1S/C14H13ClN2O2/c1-10-4-5-11(15)7-13(10)16-14(19)9-17-6-2-3-12(18)8-17/h2-8H,9H2,1H3,(H-,16,18,19)/p+1. The number of carbonyl (C=O) groups is 1. The SMILES string of the molecule is Cc1ccc(Cl)cc1NC(=O)C[n+]1cccc(O)c1. The number of aromatic nitrogens is 1. The third-order valence-electron chi connectivity index (χ3n) is 2.64. The van der Waals surface area contributed by atoms with Gasteiger partial charge in [0.2, 0.25) is 12.7 Å². The summed E-state index contributed by atoms with van der Waals surface area (Å²) in [4.78, 5) is 11.9. The second-order valence-electron chi connectivity index (χ2n) is 4.24. The van der Waals surface area contributed by atoms with E-state index >= 15 is 0 Å². The highest BCUT2D eigenvalue weighted by molar-refractivity contribution is 6.31. The molecule has 1 amide bonds. The van der Waals surface area contributed by atoms with Gasteiger partial charge >= 0.3 is 0 Å². The summed E-state index contributed by atoms with van der Waals surface area (Å²) in [6.45, 7) is 2.02. The van der Waals surface area contributed by atoms with Gasteiger partial charge in [-0.1, -0.05) is 17.7 Å². The molecule has 98 valence electrons. The molecule has 0 bridgehead atoms. The molecule has 2 rings (SSSR count). The number of aryl methyl sites for hydroxylation is 1. The van der Waals surface area contributed by atoms with E-state index in [-0.39, 0.29) is 18.2 Å². The molecule has 0 aliphatic rings. The molecule has 19 heavy (non-hydrogen) atoms. The Kier molecular flexibility index (Phi) is 4.02. The van der Waals surface area contributed by atoms with E-state index in [0.29, 0.717) is 10.7 Å². The van der Waals surface area contributed by atoms with Crippen molar-refractivity contribution in [2.45, 2.75) is 13.5 Å². The fourth-order valence-electron chi connectivity index (χ4n) is 1.69. The van der Waals surface area contributed by atoms with Gasteiger partial charge in [0.25, 0.3) is 5.91 Å². The lowest BCUT2D eigenvalue weighted by Gasteiger charge is -2.07. The number of pyridine rings is 1. The Morgan fingerprint density at radius 3 is 2.95 bits per heavy atom. The van der Waals surface area contributed by atoms with E-state index in [0.717, 1.165) is 5.56 Å². The molecule has 0 aliphatic carbocycles. The normalized spacial score (nSPS) is 10.2. The summed E-state index contributed by atoms with van der Waals surface area (Å²) < 4.78 is 1.60. The topological polar surface area (TPSA) is 53.2 Å². The lowest BCUT2D eigenvalue weighted by atomic mass is 10.2. The molecule has 0 saturated carbocycles. The van der Waals surface area contributed by atoms with Crippen LogP contribution in [0.25, 0.3) is 0 Å².